The van der Waals surface area contributed by atoms with Gasteiger partial charge in [0.1, 0.15) is 0 Å². The van der Waals surface area contributed by atoms with Crippen LogP contribution in [0.2, 0.25) is 0 Å². The molecule has 2 aliphatic rings. The van der Waals surface area contributed by atoms with Crippen LogP contribution in [-0.4, -0.2) is 4.98 Å². The molecule has 0 N–H and O–H groups in total. The van der Waals surface area contributed by atoms with Crippen LogP contribution in [-0.2, 0) is 11.8 Å². The number of anilines is 2. The first kappa shape index (κ1) is 17.4. The number of pyridine rings is 1. The third-order valence-corrected chi connectivity index (χ3v) is 11.1. The predicted molar refractivity (Wildman–Crippen MR) is 135 cm³/mol. The van der Waals surface area contributed by atoms with Crippen molar-refractivity contribution in [1.82, 2.24) is 4.98 Å². The largest absolute Gasteiger partial charge is 0.303 e. The van der Waals surface area contributed by atoms with Crippen molar-refractivity contribution in [2.75, 3.05) is 4.67 Å². The summed E-state index contributed by atoms with van der Waals surface area (Å²) in [6.45, 7) is 0. The first-order valence-corrected chi connectivity index (χ1v) is 13.1. The zero-order chi connectivity index (χ0) is 20.6. The monoisotopic (exact) mass is 432 g/mol. The number of nitrogens with zero attached hydrogens (tertiary/aromatic N) is 2. The zero-order valence-electron chi connectivity index (χ0n) is 16.6. The highest BCUT2D eigenvalue weighted by molar-refractivity contribution is 8.23. The van der Waals surface area contributed by atoms with Crippen LogP contribution >= 0.6 is 6.19 Å². The van der Waals surface area contributed by atoms with Crippen molar-refractivity contribution >= 4 is 50.8 Å². The third kappa shape index (κ3) is 2.18. The van der Waals surface area contributed by atoms with Crippen molar-refractivity contribution in [1.29, 1.82) is 0 Å². The highest BCUT2D eigenvalue weighted by Crippen LogP contribution is 2.65. The average Bonchev–Trinajstić information content (AvgIpc) is 2.83. The minimum Gasteiger partial charge on any atom is -0.303 e. The summed E-state index contributed by atoms with van der Waals surface area (Å²) < 4.78 is 2.43. The van der Waals surface area contributed by atoms with E-state index in [9.17, 15) is 0 Å². The van der Waals surface area contributed by atoms with E-state index in [0.717, 1.165) is 16.9 Å². The molecule has 7 rings (SSSR count). The van der Waals surface area contributed by atoms with Gasteiger partial charge in [-0.2, -0.15) is 0 Å². The molecule has 0 spiro atoms. The molecule has 0 aliphatic carbocycles. The Kier molecular flexibility index (Phi) is 3.45. The summed E-state index contributed by atoms with van der Waals surface area (Å²) >= 11 is 6.76. The highest BCUT2D eigenvalue weighted by atomic mass is 32.4. The van der Waals surface area contributed by atoms with E-state index >= 15 is 0 Å². The number of benzene rings is 4. The Labute approximate surface area is 185 Å². The summed E-state index contributed by atoms with van der Waals surface area (Å²) in [6, 6.07) is 34.7. The van der Waals surface area contributed by atoms with E-state index in [2.05, 4.69) is 95.7 Å². The Morgan fingerprint density at radius 1 is 0.613 bits per heavy atom. The normalized spacial score (nSPS) is 17.9. The molecule has 1 aromatic heterocycles. The number of hydrogen-bond acceptors (Lipinski definition) is 2. The van der Waals surface area contributed by atoms with Crippen LogP contribution in [0.5, 0.6) is 0 Å². The van der Waals surface area contributed by atoms with Crippen LogP contribution in [0.15, 0.2) is 103 Å². The van der Waals surface area contributed by atoms with Gasteiger partial charge in [0.2, 0.25) is 0 Å². The molecule has 0 saturated carbocycles. The van der Waals surface area contributed by atoms with Gasteiger partial charge >= 0.3 is 0 Å². The molecule has 31 heavy (non-hydrogen) atoms. The number of aromatic nitrogens is 1. The zero-order valence-corrected chi connectivity index (χ0v) is 18.3. The summed E-state index contributed by atoms with van der Waals surface area (Å²) in [4.78, 5) is 4.79. The van der Waals surface area contributed by atoms with Gasteiger partial charge in [-0.15, -0.1) is 0 Å². The van der Waals surface area contributed by atoms with Crippen molar-refractivity contribution in [2.45, 2.75) is 0 Å². The predicted octanol–water partition coefficient (Wildman–Crippen LogP) is 6.38. The third-order valence-electron chi connectivity index (χ3n) is 6.39. The lowest BCUT2D eigenvalue weighted by Crippen LogP contribution is -2.37. The van der Waals surface area contributed by atoms with E-state index in [4.69, 9.17) is 16.8 Å². The standard InChI is InChI=1S/C27H17N2PS/c31-30-25-14-6-4-11-21(25)27-24(13-7-15-28-27)29(30)23-12-5-3-10-20(23)22-16-18-8-1-2-9-19(18)17-26(22)30/h1-17H. The molecule has 4 aromatic carbocycles. The molecule has 3 heterocycles. The smallest absolute Gasteiger partial charge is 0.0986 e. The van der Waals surface area contributed by atoms with Crippen molar-refractivity contribution in [2.24, 2.45) is 0 Å². The fraction of sp³-hybridized carbons (Fsp3) is 0. The number of rotatable bonds is 0. The topological polar surface area (TPSA) is 16.1 Å². The van der Waals surface area contributed by atoms with Gasteiger partial charge in [-0.05, 0) is 46.7 Å². The van der Waals surface area contributed by atoms with Crippen molar-refractivity contribution in [3.63, 3.8) is 0 Å². The Morgan fingerprint density at radius 2 is 1.29 bits per heavy atom. The first-order chi connectivity index (χ1) is 15.3. The fourth-order valence-electron chi connectivity index (χ4n) is 5.07. The number of hydrogen-bond donors (Lipinski definition) is 0. The molecule has 4 heteroatoms. The molecular weight excluding hydrogens is 415 g/mol. The molecule has 0 bridgehead atoms. The summed E-state index contributed by atoms with van der Waals surface area (Å²) in [5.74, 6) is 0. The van der Waals surface area contributed by atoms with E-state index < -0.39 is 6.19 Å². The molecule has 0 saturated heterocycles. The minimum atomic E-state index is -2.34. The quantitative estimate of drug-likeness (QED) is 0.264. The van der Waals surface area contributed by atoms with Gasteiger partial charge in [-0.3, -0.25) is 4.98 Å². The van der Waals surface area contributed by atoms with Crippen LogP contribution < -0.4 is 15.3 Å². The van der Waals surface area contributed by atoms with Crippen LogP contribution in [0.1, 0.15) is 0 Å². The molecule has 0 radical (unpaired) electrons. The van der Waals surface area contributed by atoms with Crippen LogP contribution in [0.3, 0.4) is 0 Å². The average molecular weight is 432 g/mol. The molecule has 0 fully saturated rings. The first-order valence-electron chi connectivity index (χ1n) is 10.4. The van der Waals surface area contributed by atoms with Crippen molar-refractivity contribution in [3.8, 4) is 22.4 Å². The second-order valence-corrected chi connectivity index (χ2v) is 12.1. The van der Waals surface area contributed by atoms with Gasteiger partial charge in [0.15, 0.2) is 0 Å². The molecule has 1 atom stereocenters. The Hall–Kier alpha value is -3.26. The van der Waals surface area contributed by atoms with Gasteiger partial charge in [-0.1, -0.05) is 78.5 Å². The Balaban J connectivity index is 1.70. The second kappa shape index (κ2) is 6.13. The van der Waals surface area contributed by atoms with Crippen LogP contribution in [0, 0.1) is 0 Å². The molecule has 2 nitrogen and oxygen atoms in total. The Morgan fingerprint density at radius 3 is 2.16 bits per heavy atom. The molecule has 0 amide bonds. The lowest BCUT2D eigenvalue weighted by Gasteiger charge is -2.46. The molecular formula is C27H17N2PS. The maximum atomic E-state index is 6.76. The van der Waals surface area contributed by atoms with E-state index in [1.807, 2.05) is 12.3 Å². The maximum absolute atomic E-state index is 6.76. The minimum absolute atomic E-state index is 1.01. The number of para-hydroxylation sites is 1. The maximum Gasteiger partial charge on any atom is 0.0986 e. The molecule has 2 aliphatic heterocycles. The molecule has 146 valence electrons. The summed E-state index contributed by atoms with van der Waals surface area (Å²) in [7, 11) is 0. The fourth-order valence-corrected chi connectivity index (χ4v) is 9.79. The Bertz CT molecular complexity index is 1590. The summed E-state index contributed by atoms with van der Waals surface area (Å²) in [5, 5.41) is 4.97. The van der Waals surface area contributed by atoms with E-state index in [1.165, 1.54) is 38.2 Å². The van der Waals surface area contributed by atoms with Crippen LogP contribution in [0.25, 0.3) is 33.2 Å². The van der Waals surface area contributed by atoms with Gasteiger partial charge in [0, 0.05) is 27.9 Å². The van der Waals surface area contributed by atoms with Gasteiger partial charge < -0.3 is 4.67 Å². The van der Waals surface area contributed by atoms with E-state index in [-0.39, 0.29) is 0 Å². The summed E-state index contributed by atoms with van der Waals surface area (Å²) in [6.07, 6.45) is -0.463. The van der Waals surface area contributed by atoms with E-state index in [0.29, 0.717) is 0 Å². The number of fused-ring (bicyclic) bond motifs is 12. The van der Waals surface area contributed by atoms with Gasteiger partial charge in [0.05, 0.1) is 23.3 Å². The molecule has 5 aromatic rings. The van der Waals surface area contributed by atoms with Crippen molar-refractivity contribution in [3.05, 3.63) is 103 Å². The lowest BCUT2D eigenvalue weighted by atomic mass is 9.98. The SMILES string of the molecule is S=P12c3cc4ccccc4cc3-c3ccccc3N1c1cccnc1-c1ccccc12. The second-order valence-electron chi connectivity index (χ2n) is 8.01. The van der Waals surface area contributed by atoms with Gasteiger partial charge in [-0.25, -0.2) is 0 Å². The molecule has 1 unspecified atom stereocenters. The lowest BCUT2D eigenvalue weighted by molar-refractivity contribution is 1.28. The van der Waals surface area contributed by atoms with E-state index in [1.54, 1.807) is 0 Å². The highest BCUT2D eigenvalue weighted by Gasteiger charge is 2.44. The summed E-state index contributed by atoms with van der Waals surface area (Å²) in [5.41, 5.74) is 6.95. The van der Waals surface area contributed by atoms with Gasteiger partial charge in [0.25, 0.3) is 0 Å². The van der Waals surface area contributed by atoms with Crippen molar-refractivity contribution < 1.29 is 0 Å². The van der Waals surface area contributed by atoms with Crippen LogP contribution in [0.4, 0.5) is 11.4 Å².